The van der Waals surface area contributed by atoms with Crippen LogP contribution in [0.1, 0.15) is 18.1 Å². The van der Waals surface area contributed by atoms with Gasteiger partial charge in [0, 0.05) is 19.2 Å². The van der Waals surface area contributed by atoms with E-state index in [0.29, 0.717) is 12.2 Å². The lowest BCUT2D eigenvalue weighted by Gasteiger charge is -2.02. The first-order valence-electron chi connectivity index (χ1n) is 5.02. The van der Waals surface area contributed by atoms with E-state index in [1.54, 1.807) is 17.1 Å². The van der Waals surface area contributed by atoms with E-state index in [0.717, 1.165) is 24.6 Å². The number of aryl methyl sites for hydroxylation is 1. The summed E-state index contributed by atoms with van der Waals surface area (Å²) in [6.45, 7) is 1.67. The number of rotatable bonds is 2. The van der Waals surface area contributed by atoms with E-state index < -0.39 is 0 Å². The van der Waals surface area contributed by atoms with Gasteiger partial charge in [0.05, 0.1) is 11.9 Å². The SMILES string of the molecule is Cl.Nc1cnn(Cc2nnc3n2CCC3)c1. The topological polar surface area (TPSA) is 74.6 Å². The maximum atomic E-state index is 5.59. The maximum absolute atomic E-state index is 5.59. The third-order valence-corrected chi connectivity index (χ3v) is 2.64. The predicted octanol–water partition coefficient (Wildman–Crippen LogP) is 0.473. The molecule has 2 aromatic rings. The lowest BCUT2D eigenvalue weighted by Crippen LogP contribution is -2.07. The molecule has 0 aromatic carbocycles. The van der Waals surface area contributed by atoms with Gasteiger partial charge >= 0.3 is 0 Å². The molecule has 1 aliphatic rings. The van der Waals surface area contributed by atoms with Gasteiger partial charge in [-0.3, -0.25) is 4.68 Å². The van der Waals surface area contributed by atoms with Crippen LogP contribution in [0.2, 0.25) is 0 Å². The Kier molecular flexibility index (Phi) is 2.82. The second-order valence-corrected chi connectivity index (χ2v) is 3.76. The highest BCUT2D eigenvalue weighted by Gasteiger charge is 2.17. The van der Waals surface area contributed by atoms with Crippen molar-refractivity contribution in [1.29, 1.82) is 0 Å². The molecule has 0 aliphatic carbocycles. The number of halogens is 1. The fourth-order valence-electron chi connectivity index (χ4n) is 1.94. The van der Waals surface area contributed by atoms with Gasteiger partial charge in [0.2, 0.25) is 0 Å². The molecule has 0 unspecified atom stereocenters. The molecule has 0 amide bonds. The van der Waals surface area contributed by atoms with Crippen LogP contribution in [0.4, 0.5) is 5.69 Å². The Labute approximate surface area is 98.9 Å². The second-order valence-electron chi connectivity index (χ2n) is 3.76. The Morgan fingerprint density at radius 3 is 3.00 bits per heavy atom. The highest BCUT2D eigenvalue weighted by atomic mass is 35.5. The van der Waals surface area contributed by atoms with Gasteiger partial charge in [0.1, 0.15) is 12.4 Å². The number of anilines is 1. The van der Waals surface area contributed by atoms with E-state index in [2.05, 4.69) is 19.9 Å². The molecule has 16 heavy (non-hydrogen) atoms. The Morgan fingerprint density at radius 1 is 1.38 bits per heavy atom. The van der Waals surface area contributed by atoms with Gasteiger partial charge in [-0.1, -0.05) is 0 Å². The summed E-state index contributed by atoms with van der Waals surface area (Å²) in [6.07, 6.45) is 5.64. The summed E-state index contributed by atoms with van der Waals surface area (Å²) in [5.41, 5.74) is 6.27. The van der Waals surface area contributed by atoms with Crippen LogP contribution in [-0.4, -0.2) is 24.5 Å². The fourth-order valence-corrected chi connectivity index (χ4v) is 1.94. The number of nitrogens with two attached hydrogens (primary N) is 1. The quantitative estimate of drug-likeness (QED) is 0.828. The molecule has 2 aromatic heterocycles. The third-order valence-electron chi connectivity index (χ3n) is 2.64. The van der Waals surface area contributed by atoms with Crippen LogP contribution in [-0.2, 0) is 19.5 Å². The number of aromatic nitrogens is 5. The summed E-state index contributed by atoms with van der Waals surface area (Å²) < 4.78 is 3.95. The molecule has 0 saturated carbocycles. The third kappa shape index (κ3) is 1.76. The molecule has 0 bridgehead atoms. The normalized spacial score (nSPS) is 13.5. The Bertz CT molecular complexity index is 488. The first kappa shape index (κ1) is 10.9. The fraction of sp³-hybridized carbons (Fsp3) is 0.444. The van der Waals surface area contributed by atoms with E-state index in [9.17, 15) is 0 Å². The predicted molar refractivity (Wildman–Crippen MR) is 61.3 cm³/mol. The molecule has 86 valence electrons. The highest BCUT2D eigenvalue weighted by molar-refractivity contribution is 5.85. The zero-order valence-corrected chi connectivity index (χ0v) is 9.52. The van der Waals surface area contributed by atoms with Gasteiger partial charge in [-0.05, 0) is 6.42 Å². The maximum Gasteiger partial charge on any atom is 0.154 e. The van der Waals surface area contributed by atoms with Crippen LogP contribution in [0.3, 0.4) is 0 Å². The molecule has 3 heterocycles. The smallest absolute Gasteiger partial charge is 0.154 e. The monoisotopic (exact) mass is 240 g/mol. The zero-order valence-electron chi connectivity index (χ0n) is 8.70. The summed E-state index contributed by atoms with van der Waals surface area (Å²) >= 11 is 0. The Hall–Kier alpha value is -1.56. The lowest BCUT2D eigenvalue weighted by molar-refractivity contribution is 0.604. The van der Waals surface area contributed by atoms with E-state index in [-0.39, 0.29) is 12.4 Å². The lowest BCUT2D eigenvalue weighted by atomic mass is 10.4. The van der Waals surface area contributed by atoms with Crippen molar-refractivity contribution in [1.82, 2.24) is 24.5 Å². The summed E-state index contributed by atoms with van der Waals surface area (Å²) in [7, 11) is 0. The first-order chi connectivity index (χ1) is 7.33. The minimum Gasteiger partial charge on any atom is -0.396 e. The molecule has 1 aliphatic heterocycles. The molecule has 3 rings (SSSR count). The number of nitrogens with zero attached hydrogens (tertiary/aromatic N) is 5. The second kappa shape index (κ2) is 4.13. The molecule has 0 fully saturated rings. The van der Waals surface area contributed by atoms with Crippen molar-refractivity contribution < 1.29 is 0 Å². The first-order valence-corrected chi connectivity index (χ1v) is 5.02. The molecule has 0 saturated heterocycles. The van der Waals surface area contributed by atoms with Crippen molar-refractivity contribution in [2.45, 2.75) is 25.9 Å². The van der Waals surface area contributed by atoms with E-state index in [1.807, 2.05) is 0 Å². The number of hydrogen-bond acceptors (Lipinski definition) is 4. The van der Waals surface area contributed by atoms with Crippen LogP contribution in [0.5, 0.6) is 0 Å². The number of nitrogen functional groups attached to an aromatic ring is 1. The van der Waals surface area contributed by atoms with Gasteiger partial charge < -0.3 is 10.3 Å². The van der Waals surface area contributed by atoms with E-state index in [4.69, 9.17) is 5.73 Å². The van der Waals surface area contributed by atoms with Gasteiger partial charge in [0.15, 0.2) is 5.82 Å². The molecule has 6 nitrogen and oxygen atoms in total. The average Bonchev–Trinajstić information content (AvgIpc) is 2.85. The molecule has 2 N–H and O–H groups in total. The van der Waals surface area contributed by atoms with Crippen LogP contribution < -0.4 is 5.73 Å². The van der Waals surface area contributed by atoms with Crippen LogP contribution in [0.15, 0.2) is 12.4 Å². The van der Waals surface area contributed by atoms with Crippen molar-refractivity contribution in [2.75, 3.05) is 5.73 Å². The standard InChI is InChI=1S/C9H12N6.ClH/c10-7-4-11-14(5-7)6-9-13-12-8-2-1-3-15(8)9;/h4-5H,1-3,6,10H2;1H. The van der Waals surface area contributed by atoms with Crippen molar-refractivity contribution in [3.05, 3.63) is 24.0 Å². The Balaban J connectivity index is 0.000000963. The van der Waals surface area contributed by atoms with Crippen molar-refractivity contribution >= 4 is 18.1 Å². The van der Waals surface area contributed by atoms with Crippen LogP contribution in [0, 0.1) is 0 Å². The highest BCUT2D eigenvalue weighted by Crippen LogP contribution is 2.14. The number of hydrogen-bond donors (Lipinski definition) is 1. The summed E-state index contributed by atoms with van der Waals surface area (Å²) in [4.78, 5) is 0. The number of fused-ring (bicyclic) bond motifs is 1. The Morgan fingerprint density at radius 2 is 2.25 bits per heavy atom. The van der Waals surface area contributed by atoms with Crippen molar-refractivity contribution in [3.63, 3.8) is 0 Å². The van der Waals surface area contributed by atoms with Gasteiger partial charge in [-0.15, -0.1) is 22.6 Å². The minimum absolute atomic E-state index is 0. The summed E-state index contributed by atoms with van der Waals surface area (Å²) in [6, 6.07) is 0. The average molecular weight is 241 g/mol. The summed E-state index contributed by atoms with van der Waals surface area (Å²) in [5.74, 6) is 2.05. The zero-order chi connectivity index (χ0) is 10.3. The largest absolute Gasteiger partial charge is 0.396 e. The molecule has 7 heteroatoms. The van der Waals surface area contributed by atoms with Crippen molar-refractivity contribution in [3.8, 4) is 0 Å². The van der Waals surface area contributed by atoms with Crippen molar-refractivity contribution in [2.24, 2.45) is 0 Å². The van der Waals surface area contributed by atoms with Gasteiger partial charge in [0.25, 0.3) is 0 Å². The van der Waals surface area contributed by atoms with Crippen LogP contribution in [0.25, 0.3) is 0 Å². The molecule has 0 spiro atoms. The molecule has 0 atom stereocenters. The molecular formula is C9H13ClN6. The molecule has 0 radical (unpaired) electrons. The van der Waals surface area contributed by atoms with E-state index in [1.165, 1.54) is 6.42 Å². The summed E-state index contributed by atoms with van der Waals surface area (Å²) in [5, 5.41) is 12.4. The minimum atomic E-state index is 0. The van der Waals surface area contributed by atoms with E-state index >= 15 is 0 Å². The van der Waals surface area contributed by atoms with Gasteiger partial charge in [-0.25, -0.2) is 0 Å². The van der Waals surface area contributed by atoms with Gasteiger partial charge in [-0.2, -0.15) is 5.10 Å². The van der Waals surface area contributed by atoms with Crippen LogP contribution >= 0.6 is 12.4 Å². The molecular weight excluding hydrogens is 228 g/mol.